The molecular formula is C14H25BrO4S. The molecule has 0 aliphatic rings. The van der Waals surface area contributed by atoms with Gasteiger partial charge in [-0.1, -0.05) is 15.9 Å². The second kappa shape index (κ2) is 7.16. The molecule has 20 heavy (non-hydrogen) atoms. The van der Waals surface area contributed by atoms with Crippen molar-refractivity contribution in [2.45, 2.75) is 57.9 Å². The van der Waals surface area contributed by atoms with Crippen LogP contribution in [0, 0.1) is 5.41 Å². The van der Waals surface area contributed by atoms with E-state index in [0.717, 1.165) is 0 Å². The Morgan fingerprint density at radius 3 is 1.95 bits per heavy atom. The normalized spacial score (nSPS) is 15.4. The number of thiol groups is 1. The van der Waals surface area contributed by atoms with Gasteiger partial charge >= 0.3 is 11.9 Å². The average molecular weight is 369 g/mol. The van der Waals surface area contributed by atoms with E-state index in [1.165, 1.54) is 0 Å². The van der Waals surface area contributed by atoms with Gasteiger partial charge in [0, 0.05) is 5.75 Å². The van der Waals surface area contributed by atoms with Gasteiger partial charge in [-0.15, -0.1) is 0 Å². The maximum absolute atomic E-state index is 12.2. The summed E-state index contributed by atoms with van der Waals surface area (Å²) in [6.07, 6.45) is 0.278. The third-order valence-electron chi connectivity index (χ3n) is 2.48. The van der Waals surface area contributed by atoms with Crippen molar-refractivity contribution in [3.05, 3.63) is 0 Å². The highest BCUT2D eigenvalue weighted by atomic mass is 79.9. The molecule has 0 rings (SSSR count). The van der Waals surface area contributed by atoms with E-state index in [4.69, 9.17) is 9.47 Å². The number of halogens is 1. The summed E-state index contributed by atoms with van der Waals surface area (Å²) in [6.45, 7) is 10.9. The second-order valence-corrected chi connectivity index (χ2v) is 8.82. The van der Waals surface area contributed by atoms with E-state index in [0.29, 0.717) is 5.75 Å². The number of rotatable bonds is 6. The standard InChI is InChI=1S/C14H25BrO4S/c1-12(2,3)19-11(17)14(6,15)9-13(4,5)10(16)18-7-8-20/h20H,7-9H2,1-6H3. The first-order valence-electron chi connectivity index (χ1n) is 6.52. The molecule has 0 aliphatic heterocycles. The molecule has 0 saturated heterocycles. The predicted molar refractivity (Wildman–Crippen MR) is 86.4 cm³/mol. The number of hydrogen-bond donors (Lipinski definition) is 1. The molecule has 0 spiro atoms. The van der Waals surface area contributed by atoms with E-state index >= 15 is 0 Å². The fourth-order valence-corrected chi connectivity index (χ4v) is 2.57. The Balaban J connectivity index is 4.80. The molecular weight excluding hydrogens is 344 g/mol. The lowest BCUT2D eigenvalue weighted by Gasteiger charge is -2.32. The Hall–Kier alpha value is -0.230. The summed E-state index contributed by atoms with van der Waals surface area (Å²) in [6, 6.07) is 0. The highest BCUT2D eigenvalue weighted by Crippen LogP contribution is 2.36. The topological polar surface area (TPSA) is 52.6 Å². The average Bonchev–Trinajstić information content (AvgIpc) is 2.21. The molecule has 118 valence electrons. The first-order chi connectivity index (χ1) is 8.82. The summed E-state index contributed by atoms with van der Waals surface area (Å²) in [5.74, 6) is -0.264. The lowest BCUT2D eigenvalue weighted by molar-refractivity contribution is -0.160. The van der Waals surface area contributed by atoms with Crippen molar-refractivity contribution in [3.8, 4) is 0 Å². The fraction of sp³-hybridized carbons (Fsp3) is 0.857. The van der Waals surface area contributed by atoms with Crippen LogP contribution in [0.5, 0.6) is 0 Å². The Kier molecular flexibility index (Phi) is 7.08. The van der Waals surface area contributed by atoms with Gasteiger partial charge in [0.2, 0.25) is 0 Å². The van der Waals surface area contributed by atoms with Gasteiger partial charge < -0.3 is 9.47 Å². The van der Waals surface area contributed by atoms with E-state index < -0.39 is 15.3 Å². The molecule has 0 fully saturated rings. The van der Waals surface area contributed by atoms with Crippen LogP contribution in [0.1, 0.15) is 48.0 Å². The van der Waals surface area contributed by atoms with Gasteiger partial charge in [-0.2, -0.15) is 12.6 Å². The van der Waals surface area contributed by atoms with Crippen molar-refractivity contribution < 1.29 is 19.1 Å². The summed E-state index contributed by atoms with van der Waals surface area (Å²) in [5, 5.41) is 0. The Bertz CT molecular complexity index is 359. The summed E-state index contributed by atoms with van der Waals surface area (Å²) in [5.41, 5.74) is -1.36. The van der Waals surface area contributed by atoms with Gasteiger partial charge in [-0.05, 0) is 48.0 Å². The Labute approximate surface area is 135 Å². The maximum atomic E-state index is 12.2. The van der Waals surface area contributed by atoms with Crippen LogP contribution < -0.4 is 0 Å². The van der Waals surface area contributed by atoms with Gasteiger partial charge in [0.05, 0.1) is 5.41 Å². The van der Waals surface area contributed by atoms with Gasteiger partial charge in [0.1, 0.15) is 16.5 Å². The molecule has 0 aromatic rings. The van der Waals surface area contributed by atoms with Gasteiger partial charge in [0.25, 0.3) is 0 Å². The number of carbonyl (C=O) groups is 2. The minimum Gasteiger partial charge on any atom is -0.464 e. The lowest BCUT2D eigenvalue weighted by atomic mass is 9.83. The molecule has 4 nitrogen and oxygen atoms in total. The van der Waals surface area contributed by atoms with E-state index in [1.54, 1.807) is 41.5 Å². The summed E-state index contributed by atoms with van der Waals surface area (Å²) < 4.78 is 9.51. The third-order valence-corrected chi connectivity index (χ3v) is 3.26. The minimum atomic E-state index is -0.941. The van der Waals surface area contributed by atoms with E-state index in [9.17, 15) is 9.59 Å². The quantitative estimate of drug-likeness (QED) is 0.443. The molecule has 0 amide bonds. The van der Waals surface area contributed by atoms with E-state index in [1.807, 2.05) is 0 Å². The third kappa shape index (κ3) is 6.97. The molecule has 0 heterocycles. The Morgan fingerprint density at radius 2 is 1.55 bits per heavy atom. The summed E-state index contributed by atoms with van der Waals surface area (Å²) >= 11 is 7.37. The fourth-order valence-electron chi connectivity index (χ4n) is 1.69. The van der Waals surface area contributed by atoms with Crippen molar-refractivity contribution >= 4 is 40.5 Å². The summed E-state index contributed by atoms with van der Waals surface area (Å²) in [4.78, 5) is 24.1. The minimum absolute atomic E-state index is 0.261. The highest BCUT2D eigenvalue weighted by Gasteiger charge is 2.43. The molecule has 0 aromatic carbocycles. The predicted octanol–water partition coefficient (Wildman–Crippen LogP) is 3.37. The zero-order valence-corrected chi connectivity index (χ0v) is 15.6. The largest absolute Gasteiger partial charge is 0.464 e. The number of carbonyl (C=O) groups excluding carboxylic acids is 2. The zero-order chi connectivity index (χ0) is 16.2. The lowest BCUT2D eigenvalue weighted by Crippen LogP contribution is -2.42. The molecule has 0 N–H and O–H groups in total. The van der Waals surface area contributed by atoms with Crippen molar-refractivity contribution in [1.82, 2.24) is 0 Å². The molecule has 1 unspecified atom stereocenters. The smallest absolute Gasteiger partial charge is 0.323 e. The van der Waals surface area contributed by atoms with Crippen molar-refractivity contribution in [1.29, 1.82) is 0 Å². The Morgan fingerprint density at radius 1 is 1.05 bits per heavy atom. The molecule has 6 heteroatoms. The monoisotopic (exact) mass is 368 g/mol. The number of alkyl halides is 1. The van der Waals surface area contributed by atoms with Crippen LogP contribution in [0.25, 0.3) is 0 Å². The first kappa shape index (κ1) is 19.8. The summed E-state index contributed by atoms with van der Waals surface area (Å²) in [7, 11) is 0. The second-order valence-electron chi connectivity index (χ2n) is 6.62. The molecule has 0 aromatic heterocycles. The van der Waals surface area contributed by atoms with Gasteiger partial charge in [-0.3, -0.25) is 9.59 Å². The maximum Gasteiger partial charge on any atom is 0.323 e. The van der Waals surface area contributed by atoms with Crippen molar-refractivity contribution in [3.63, 3.8) is 0 Å². The van der Waals surface area contributed by atoms with Gasteiger partial charge in [0.15, 0.2) is 0 Å². The molecule has 1 atom stereocenters. The van der Waals surface area contributed by atoms with Crippen LogP contribution in [-0.4, -0.2) is 34.2 Å². The number of ether oxygens (including phenoxy) is 2. The van der Waals surface area contributed by atoms with E-state index in [-0.39, 0.29) is 25.0 Å². The molecule has 0 saturated carbocycles. The van der Waals surface area contributed by atoms with Crippen LogP contribution in [0.4, 0.5) is 0 Å². The molecule has 0 radical (unpaired) electrons. The number of hydrogen-bond acceptors (Lipinski definition) is 5. The van der Waals surface area contributed by atoms with Crippen LogP contribution in [0.2, 0.25) is 0 Å². The van der Waals surface area contributed by atoms with Crippen LogP contribution >= 0.6 is 28.6 Å². The molecule has 0 aliphatic carbocycles. The first-order valence-corrected chi connectivity index (χ1v) is 7.95. The van der Waals surface area contributed by atoms with Gasteiger partial charge in [-0.25, -0.2) is 0 Å². The van der Waals surface area contributed by atoms with Crippen LogP contribution in [0.3, 0.4) is 0 Å². The SMILES string of the molecule is CC(C)(C)OC(=O)C(C)(Br)CC(C)(C)C(=O)OCCS. The van der Waals surface area contributed by atoms with Crippen molar-refractivity contribution in [2.75, 3.05) is 12.4 Å². The van der Waals surface area contributed by atoms with Crippen LogP contribution in [-0.2, 0) is 19.1 Å². The molecule has 0 bridgehead atoms. The van der Waals surface area contributed by atoms with Crippen molar-refractivity contribution in [2.24, 2.45) is 5.41 Å². The van der Waals surface area contributed by atoms with Crippen LogP contribution in [0.15, 0.2) is 0 Å². The number of esters is 2. The van der Waals surface area contributed by atoms with E-state index in [2.05, 4.69) is 28.6 Å². The zero-order valence-electron chi connectivity index (χ0n) is 13.1. The highest BCUT2D eigenvalue weighted by molar-refractivity contribution is 9.10.